The molecule has 0 bridgehead atoms. The van der Waals surface area contributed by atoms with Crippen molar-refractivity contribution in [2.24, 2.45) is 0 Å². The summed E-state index contributed by atoms with van der Waals surface area (Å²) in [6.45, 7) is 0.962. The second-order valence-electron chi connectivity index (χ2n) is 5.62. The highest BCUT2D eigenvalue weighted by molar-refractivity contribution is 7.99. The molecule has 1 saturated heterocycles. The van der Waals surface area contributed by atoms with Crippen LogP contribution >= 0.6 is 11.8 Å². The highest BCUT2D eigenvalue weighted by atomic mass is 32.2. The van der Waals surface area contributed by atoms with Gasteiger partial charge in [0.25, 0.3) is 0 Å². The molecule has 0 unspecified atom stereocenters. The van der Waals surface area contributed by atoms with Crippen LogP contribution in [-0.2, 0) is 16.1 Å². The lowest BCUT2D eigenvalue weighted by Gasteiger charge is -2.23. The monoisotopic (exact) mass is 352 g/mol. The molecule has 0 spiro atoms. The Hall–Kier alpha value is -1.73. The third kappa shape index (κ3) is 6.05. The van der Waals surface area contributed by atoms with E-state index in [4.69, 9.17) is 9.84 Å². The first-order valence-electron chi connectivity index (χ1n) is 8.15. The van der Waals surface area contributed by atoms with Gasteiger partial charge in [0.05, 0.1) is 5.88 Å². The molecule has 1 aliphatic heterocycles. The van der Waals surface area contributed by atoms with Gasteiger partial charge in [-0.3, -0.25) is 4.79 Å². The maximum atomic E-state index is 12.5. The summed E-state index contributed by atoms with van der Waals surface area (Å²) in [7, 11) is 0. The number of ether oxygens (including phenoxy) is 1. The summed E-state index contributed by atoms with van der Waals surface area (Å²) in [5.41, 5.74) is 0.895. The van der Waals surface area contributed by atoms with Crippen LogP contribution in [0.1, 0.15) is 24.8 Å². The molecule has 1 aromatic carbocycles. The Kier molecular flexibility index (Phi) is 7.91. The molecule has 0 saturated carbocycles. The second kappa shape index (κ2) is 10.2. The highest BCUT2D eigenvalue weighted by Gasteiger charge is 2.28. The largest absolute Gasteiger partial charge is 0.445 e. The van der Waals surface area contributed by atoms with E-state index in [9.17, 15) is 9.59 Å². The van der Waals surface area contributed by atoms with E-state index in [1.165, 1.54) is 0 Å². The number of benzene rings is 1. The topological polar surface area (TPSA) is 78.9 Å². The lowest BCUT2D eigenvalue weighted by molar-refractivity contribution is -0.132. The van der Waals surface area contributed by atoms with Gasteiger partial charge in [0.2, 0.25) is 5.91 Å². The minimum Gasteiger partial charge on any atom is -0.445 e. The number of unbranched alkanes of at least 4 members (excludes halogenated alkanes) is 1. The summed E-state index contributed by atoms with van der Waals surface area (Å²) in [6, 6.07) is 8.80. The Morgan fingerprint density at radius 1 is 1.29 bits per heavy atom. The number of hydrogen-bond acceptors (Lipinski definition) is 5. The average Bonchev–Trinajstić information content (AvgIpc) is 3.14. The van der Waals surface area contributed by atoms with Gasteiger partial charge in [-0.15, -0.1) is 11.8 Å². The minimum absolute atomic E-state index is 0.0744. The Labute approximate surface area is 146 Å². The number of aliphatic hydroxyl groups excluding tert-OH is 1. The zero-order valence-electron chi connectivity index (χ0n) is 13.6. The molecule has 7 heteroatoms. The van der Waals surface area contributed by atoms with E-state index in [2.05, 4.69) is 5.32 Å². The van der Waals surface area contributed by atoms with Crippen LogP contribution in [0, 0.1) is 0 Å². The van der Waals surface area contributed by atoms with Gasteiger partial charge < -0.3 is 20.1 Å². The van der Waals surface area contributed by atoms with E-state index in [0.29, 0.717) is 31.7 Å². The number of carbonyl (C=O) groups is 2. The summed E-state index contributed by atoms with van der Waals surface area (Å²) in [6.07, 6.45) is 1.20. The van der Waals surface area contributed by atoms with Crippen LogP contribution in [0.2, 0.25) is 0 Å². The molecule has 132 valence electrons. The summed E-state index contributed by atoms with van der Waals surface area (Å²) in [5, 5.41) is 11.6. The molecular formula is C17H24N2O4S. The number of aliphatic hydroxyl groups is 1. The van der Waals surface area contributed by atoms with Crippen molar-refractivity contribution in [3.05, 3.63) is 35.9 Å². The number of amides is 2. The Morgan fingerprint density at radius 2 is 2.08 bits per heavy atom. The van der Waals surface area contributed by atoms with Crippen LogP contribution < -0.4 is 5.32 Å². The number of thioether (sulfide) groups is 1. The van der Waals surface area contributed by atoms with Gasteiger partial charge in [0.15, 0.2) is 0 Å². The normalized spacial score (nSPS) is 15.1. The summed E-state index contributed by atoms with van der Waals surface area (Å²) < 4.78 is 5.20. The zero-order valence-corrected chi connectivity index (χ0v) is 14.5. The van der Waals surface area contributed by atoms with Gasteiger partial charge in [-0.05, 0) is 24.8 Å². The molecule has 0 aromatic heterocycles. The molecule has 2 N–H and O–H groups in total. The first kappa shape index (κ1) is 18.6. The third-order valence-electron chi connectivity index (χ3n) is 3.77. The molecule has 24 heavy (non-hydrogen) atoms. The van der Waals surface area contributed by atoms with Crippen molar-refractivity contribution in [3.63, 3.8) is 0 Å². The Balaban J connectivity index is 1.85. The van der Waals surface area contributed by atoms with E-state index in [0.717, 1.165) is 11.3 Å². The number of nitrogens with one attached hydrogen (secondary N) is 1. The third-order valence-corrected chi connectivity index (χ3v) is 4.73. The minimum atomic E-state index is -0.599. The van der Waals surface area contributed by atoms with Crippen molar-refractivity contribution in [2.45, 2.75) is 31.9 Å². The summed E-state index contributed by atoms with van der Waals surface area (Å²) in [5.74, 6) is 1.51. The predicted octanol–water partition coefficient (Wildman–Crippen LogP) is 1.98. The van der Waals surface area contributed by atoms with Crippen molar-refractivity contribution in [1.82, 2.24) is 10.2 Å². The molecule has 2 amide bonds. The first-order chi connectivity index (χ1) is 11.7. The van der Waals surface area contributed by atoms with Gasteiger partial charge in [0.1, 0.15) is 12.6 Å². The van der Waals surface area contributed by atoms with E-state index in [-0.39, 0.29) is 19.1 Å². The number of hydrogen-bond donors (Lipinski definition) is 2. The zero-order chi connectivity index (χ0) is 17.2. The fourth-order valence-electron chi connectivity index (χ4n) is 2.43. The lowest BCUT2D eigenvalue weighted by Crippen LogP contribution is -2.47. The van der Waals surface area contributed by atoms with E-state index < -0.39 is 12.1 Å². The van der Waals surface area contributed by atoms with Crippen molar-refractivity contribution in [2.75, 3.05) is 24.8 Å². The summed E-state index contributed by atoms with van der Waals surface area (Å²) >= 11 is 1.70. The molecule has 2 rings (SSSR count). The van der Waals surface area contributed by atoms with E-state index in [1.54, 1.807) is 16.7 Å². The van der Waals surface area contributed by atoms with Crippen molar-refractivity contribution in [3.8, 4) is 0 Å². The lowest BCUT2D eigenvalue weighted by atomic mass is 10.1. The molecule has 1 aromatic rings. The molecule has 0 aliphatic carbocycles. The Morgan fingerprint density at radius 3 is 2.75 bits per heavy atom. The van der Waals surface area contributed by atoms with Crippen LogP contribution in [0.3, 0.4) is 0 Å². The fourth-order valence-corrected chi connectivity index (χ4v) is 3.39. The van der Waals surface area contributed by atoms with E-state index in [1.807, 2.05) is 30.3 Å². The van der Waals surface area contributed by atoms with Gasteiger partial charge in [-0.1, -0.05) is 30.3 Å². The molecule has 6 nitrogen and oxygen atoms in total. The van der Waals surface area contributed by atoms with Gasteiger partial charge in [-0.25, -0.2) is 4.79 Å². The predicted molar refractivity (Wildman–Crippen MR) is 93.5 cm³/mol. The standard InChI is InChI=1S/C17H24N2O4S/c20-10-5-4-8-15(16(21)19-9-11-24-13-19)18-17(22)23-12-14-6-2-1-3-7-14/h1-3,6-7,15,20H,4-5,8-13H2,(H,18,22)/t15-/m0/s1. The average molecular weight is 352 g/mol. The fraction of sp³-hybridized carbons (Fsp3) is 0.529. The van der Waals surface area contributed by atoms with Gasteiger partial charge >= 0.3 is 6.09 Å². The summed E-state index contributed by atoms with van der Waals surface area (Å²) in [4.78, 5) is 26.3. The van der Waals surface area contributed by atoms with Crippen molar-refractivity contribution >= 4 is 23.8 Å². The van der Waals surface area contributed by atoms with Gasteiger partial charge in [-0.2, -0.15) is 0 Å². The van der Waals surface area contributed by atoms with Crippen molar-refractivity contribution in [1.29, 1.82) is 0 Å². The molecule has 1 fully saturated rings. The molecule has 1 heterocycles. The van der Waals surface area contributed by atoms with Crippen molar-refractivity contribution < 1.29 is 19.4 Å². The maximum Gasteiger partial charge on any atom is 0.408 e. The maximum absolute atomic E-state index is 12.5. The highest BCUT2D eigenvalue weighted by Crippen LogP contribution is 2.16. The van der Waals surface area contributed by atoms with Gasteiger partial charge in [0, 0.05) is 18.9 Å². The number of carbonyl (C=O) groups excluding carboxylic acids is 2. The van der Waals surface area contributed by atoms with Crippen LogP contribution in [0.15, 0.2) is 30.3 Å². The molecule has 1 aliphatic rings. The number of alkyl carbamates (subject to hydrolysis) is 1. The first-order valence-corrected chi connectivity index (χ1v) is 9.31. The molecule has 1 atom stereocenters. The number of rotatable bonds is 8. The van der Waals surface area contributed by atoms with Crippen LogP contribution in [-0.4, -0.2) is 52.8 Å². The van der Waals surface area contributed by atoms with Crippen LogP contribution in [0.25, 0.3) is 0 Å². The van der Waals surface area contributed by atoms with Crippen LogP contribution in [0.4, 0.5) is 4.79 Å². The van der Waals surface area contributed by atoms with E-state index >= 15 is 0 Å². The quantitative estimate of drug-likeness (QED) is 0.700. The SMILES string of the molecule is O=C(N[C@@H](CCCCO)C(=O)N1CCSC1)OCc1ccccc1. The smallest absolute Gasteiger partial charge is 0.408 e. The Bertz CT molecular complexity index is 521. The molecular weight excluding hydrogens is 328 g/mol. The molecule has 0 radical (unpaired) electrons. The number of nitrogens with zero attached hydrogens (tertiary/aromatic N) is 1. The van der Waals surface area contributed by atoms with Crippen LogP contribution in [0.5, 0.6) is 0 Å². The second-order valence-corrected chi connectivity index (χ2v) is 6.69.